The van der Waals surface area contributed by atoms with Crippen LogP contribution in [0.4, 0.5) is 0 Å². The van der Waals surface area contributed by atoms with E-state index < -0.39 is 5.97 Å². The van der Waals surface area contributed by atoms with Crippen molar-refractivity contribution in [1.82, 2.24) is 10.2 Å². The van der Waals surface area contributed by atoms with Crippen molar-refractivity contribution in [2.75, 3.05) is 19.6 Å². The molecular weight excluding hydrogens is 192 g/mol. The number of hydrogen-bond donors (Lipinski definition) is 2. The van der Waals surface area contributed by atoms with Crippen molar-refractivity contribution in [1.29, 1.82) is 0 Å². The van der Waals surface area contributed by atoms with Gasteiger partial charge in [-0.25, -0.2) is 0 Å². The molecule has 1 rings (SSSR count). The Morgan fingerprint density at radius 1 is 1.53 bits per heavy atom. The van der Waals surface area contributed by atoms with E-state index in [4.69, 9.17) is 5.11 Å². The lowest BCUT2D eigenvalue weighted by Crippen LogP contribution is -2.52. The van der Waals surface area contributed by atoms with Gasteiger partial charge in [0.25, 0.3) is 0 Å². The first-order valence-corrected chi connectivity index (χ1v) is 5.89. The van der Waals surface area contributed by atoms with Gasteiger partial charge in [-0.15, -0.1) is 0 Å². The Hall–Kier alpha value is -0.610. The molecule has 0 radical (unpaired) electrons. The number of aliphatic carboxylic acids is 1. The van der Waals surface area contributed by atoms with Crippen LogP contribution in [-0.2, 0) is 4.79 Å². The number of nitrogens with one attached hydrogen (secondary N) is 1. The third-order valence-corrected chi connectivity index (χ3v) is 3.00. The average molecular weight is 214 g/mol. The molecule has 0 aromatic rings. The number of carboxylic acid groups (broad SMARTS) is 1. The number of nitrogens with zero attached hydrogens (tertiary/aromatic N) is 1. The van der Waals surface area contributed by atoms with Crippen LogP contribution < -0.4 is 5.32 Å². The SMILES string of the molecule is CCCN1CCC(NCC)CC1C(=O)O. The van der Waals surface area contributed by atoms with Gasteiger partial charge in [-0.05, 0) is 32.4 Å². The van der Waals surface area contributed by atoms with E-state index in [1.54, 1.807) is 0 Å². The fourth-order valence-corrected chi connectivity index (χ4v) is 2.30. The molecule has 2 unspecified atom stereocenters. The zero-order valence-electron chi connectivity index (χ0n) is 9.70. The minimum absolute atomic E-state index is 0.289. The monoisotopic (exact) mass is 214 g/mol. The molecule has 4 heteroatoms. The van der Waals surface area contributed by atoms with Crippen molar-refractivity contribution < 1.29 is 9.90 Å². The maximum atomic E-state index is 11.1. The van der Waals surface area contributed by atoms with Crippen LogP contribution in [0.15, 0.2) is 0 Å². The fraction of sp³-hybridized carbons (Fsp3) is 0.909. The highest BCUT2D eigenvalue weighted by atomic mass is 16.4. The molecule has 4 nitrogen and oxygen atoms in total. The van der Waals surface area contributed by atoms with Gasteiger partial charge in [-0.3, -0.25) is 9.69 Å². The smallest absolute Gasteiger partial charge is 0.320 e. The van der Waals surface area contributed by atoms with Crippen LogP contribution in [0.3, 0.4) is 0 Å². The lowest BCUT2D eigenvalue weighted by atomic mass is 9.97. The first kappa shape index (κ1) is 12.5. The number of rotatable bonds is 5. The third-order valence-electron chi connectivity index (χ3n) is 3.00. The molecule has 1 aliphatic heterocycles. The molecule has 1 aliphatic rings. The van der Waals surface area contributed by atoms with Crippen LogP contribution in [-0.4, -0.2) is 47.7 Å². The van der Waals surface area contributed by atoms with E-state index >= 15 is 0 Å². The van der Waals surface area contributed by atoms with Gasteiger partial charge in [0.15, 0.2) is 0 Å². The summed E-state index contributed by atoms with van der Waals surface area (Å²) in [5, 5.41) is 12.5. The second-order valence-electron chi connectivity index (χ2n) is 4.17. The molecule has 0 bridgehead atoms. The van der Waals surface area contributed by atoms with Crippen molar-refractivity contribution in [3.8, 4) is 0 Å². The summed E-state index contributed by atoms with van der Waals surface area (Å²) >= 11 is 0. The molecule has 0 aromatic carbocycles. The van der Waals surface area contributed by atoms with E-state index in [0.717, 1.165) is 38.9 Å². The van der Waals surface area contributed by atoms with Crippen molar-refractivity contribution in [2.24, 2.45) is 0 Å². The van der Waals surface area contributed by atoms with Crippen LogP contribution in [0.1, 0.15) is 33.1 Å². The molecule has 88 valence electrons. The zero-order chi connectivity index (χ0) is 11.3. The molecule has 15 heavy (non-hydrogen) atoms. The lowest BCUT2D eigenvalue weighted by Gasteiger charge is -2.37. The van der Waals surface area contributed by atoms with Crippen LogP contribution in [0, 0.1) is 0 Å². The maximum Gasteiger partial charge on any atom is 0.320 e. The molecule has 0 aromatic heterocycles. The highest BCUT2D eigenvalue weighted by molar-refractivity contribution is 5.73. The van der Waals surface area contributed by atoms with E-state index in [1.165, 1.54) is 0 Å². The topological polar surface area (TPSA) is 52.6 Å². The molecule has 2 N–H and O–H groups in total. The number of carboxylic acids is 1. The summed E-state index contributed by atoms with van der Waals surface area (Å²) in [6.07, 6.45) is 2.83. The van der Waals surface area contributed by atoms with Gasteiger partial charge in [-0.1, -0.05) is 13.8 Å². The highest BCUT2D eigenvalue weighted by Gasteiger charge is 2.32. The van der Waals surface area contributed by atoms with Crippen molar-refractivity contribution in [3.63, 3.8) is 0 Å². The van der Waals surface area contributed by atoms with E-state index in [9.17, 15) is 4.79 Å². The Morgan fingerprint density at radius 2 is 2.27 bits per heavy atom. The minimum atomic E-state index is -0.675. The predicted molar refractivity (Wildman–Crippen MR) is 60.0 cm³/mol. The van der Waals surface area contributed by atoms with E-state index in [1.807, 2.05) is 0 Å². The largest absolute Gasteiger partial charge is 0.480 e. The highest BCUT2D eigenvalue weighted by Crippen LogP contribution is 2.18. The Morgan fingerprint density at radius 3 is 2.80 bits per heavy atom. The molecule has 0 aliphatic carbocycles. The Balaban J connectivity index is 2.52. The molecule has 1 heterocycles. The number of likely N-dealkylation sites (tertiary alicyclic amines) is 1. The first-order valence-electron chi connectivity index (χ1n) is 5.89. The summed E-state index contributed by atoms with van der Waals surface area (Å²) in [6, 6.07) is 0.0898. The maximum absolute atomic E-state index is 11.1. The summed E-state index contributed by atoms with van der Waals surface area (Å²) in [5.74, 6) is -0.675. The number of hydrogen-bond acceptors (Lipinski definition) is 3. The summed E-state index contributed by atoms with van der Waals surface area (Å²) in [4.78, 5) is 13.2. The fourth-order valence-electron chi connectivity index (χ4n) is 2.30. The number of carbonyl (C=O) groups is 1. The average Bonchev–Trinajstić information content (AvgIpc) is 2.21. The van der Waals surface area contributed by atoms with Crippen LogP contribution in [0.2, 0.25) is 0 Å². The molecule has 0 saturated carbocycles. The summed E-state index contributed by atoms with van der Waals surface area (Å²) in [7, 11) is 0. The quantitative estimate of drug-likeness (QED) is 0.714. The number of piperidine rings is 1. The van der Waals surface area contributed by atoms with Gasteiger partial charge in [0.05, 0.1) is 0 Å². The van der Waals surface area contributed by atoms with Crippen LogP contribution >= 0.6 is 0 Å². The Bertz CT molecular complexity index is 209. The Kier molecular flexibility index (Phi) is 5.05. The summed E-state index contributed by atoms with van der Waals surface area (Å²) < 4.78 is 0. The summed E-state index contributed by atoms with van der Waals surface area (Å²) in [6.45, 7) is 6.88. The van der Waals surface area contributed by atoms with Gasteiger partial charge in [0.2, 0.25) is 0 Å². The van der Waals surface area contributed by atoms with E-state index in [2.05, 4.69) is 24.1 Å². The van der Waals surface area contributed by atoms with Crippen molar-refractivity contribution >= 4 is 5.97 Å². The van der Waals surface area contributed by atoms with Crippen LogP contribution in [0.5, 0.6) is 0 Å². The molecule has 2 atom stereocenters. The van der Waals surface area contributed by atoms with Gasteiger partial charge < -0.3 is 10.4 Å². The minimum Gasteiger partial charge on any atom is -0.480 e. The third kappa shape index (κ3) is 3.47. The molecule has 0 spiro atoms. The molecule has 1 fully saturated rings. The Labute approximate surface area is 91.6 Å². The van der Waals surface area contributed by atoms with E-state index in [-0.39, 0.29) is 6.04 Å². The van der Waals surface area contributed by atoms with Crippen molar-refractivity contribution in [3.05, 3.63) is 0 Å². The predicted octanol–water partition coefficient (Wildman–Crippen LogP) is 0.923. The van der Waals surface area contributed by atoms with Crippen molar-refractivity contribution in [2.45, 2.75) is 45.2 Å². The van der Waals surface area contributed by atoms with Gasteiger partial charge in [0, 0.05) is 12.6 Å². The molecule has 1 saturated heterocycles. The van der Waals surface area contributed by atoms with E-state index in [0.29, 0.717) is 6.04 Å². The standard InChI is InChI=1S/C11H22N2O2/c1-3-6-13-7-5-9(12-4-2)8-10(13)11(14)15/h9-10,12H,3-8H2,1-2H3,(H,14,15). The molecular formula is C11H22N2O2. The zero-order valence-corrected chi connectivity index (χ0v) is 9.70. The lowest BCUT2D eigenvalue weighted by molar-refractivity contribution is -0.145. The second-order valence-corrected chi connectivity index (χ2v) is 4.17. The summed E-state index contributed by atoms with van der Waals surface area (Å²) in [5.41, 5.74) is 0. The van der Waals surface area contributed by atoms with Gasteiger partial charge in [-0.2, -0.15) is 0 Å². The van der Waals surface area contributed by atoms with Crippen LogP contribution in [0.25, 0.3) is 0 Å². The van der Waals surface area contributed by atoms with Gasteiger partial charge >= 0.3 is 5.97 Å². The normalized spacial score (nSPS) is 27.9. The van der Waals surface area contributed by atoms with Gasteiger partial charge in [0.1, 0.15) is 6.04 Å². The second kappa shape index (κ2) is 6.08. The molecule has 0 amide bonds. The first-order chi connectivity index (χ1) is 7.19.